The van der Waals surface area contributed by atoms with Crippen molar-refractivity contribution in [2.75, 3.05) is 6.54 Å². The van der Waals surface area contributed by atoms with E-state index in [1.54, 1.807) is 45.9 Å². The largest absolute Gasteiger partial charge is 0.507 e. The number of rotatable bonds is 15. The maximum atomic E-state index is 14.2. The van der Waals surface area contributed by atoms with E-state index < -0.39 is 47.9 Å². The Hall–Kier alpha value is -3.30. The molecule has 1 aromatic rings. The van der Waals surface area contributed by atoms with Gasteiger partial charge in [0.1, 0.15) is 23.4 Å². The molecular weight excluding hydrogens is 536 g/mol. The number of phenols is 1. The number of phenolic OH excluding ortho intramolecular Hbond substituents is 1. The van der Waals surface area contributed by atoms with Gasteiger partial charge in [-0.25, -0.2) is 4.79 Å². The average Bonchev–Trinajstić information content (AvgIpc) is 2.90. The Kier molecular flexibility index (Phi) is 14.1. The van der Waals surface area contributed by atoms with Crippen LogP contribution in [0.5, 0.6) is 5.75 Å². The zero-order chi connectivity index (χ0) is 31.3. The van der Waals surface area contributed by atoms with Crippen LogP contribution in [0.1, 0.15) is 122 Å². The van der Waals surface area contributed by atoms with Gasteiger partial charge in [0, 0.05) is 18.2 Å². The average molecular weight is 589 g/mol. The van der Waals surface area contributed by atoms with E-state index in [9.17, 15) is 24.3 Å². The molecule has 0 aliphatic heterocycles. The molecule has 1 saturated carbocycles. The zero-order valence-corrected chi connectivity index (χ0v) is 26.2. The standard InChI is InChI=1S/C32H52N4O6/c1-6-7-8-9-10-14-20-36(30(40)25(21-26(33)37)35-31(41)42-32(3,4)5)27(24-19-15-16-22(2)28(24)38)29(39)34-23-17-12-11-13-18-23/h15-16,19,23,25,27,38H,6-14,17-18,20-21H2,1-5H3,(H2,33,37)(H,34,39)(H,35,41). The molecule has 4 amide bonds. The van der Waals surface area contributed by atoms with Gasteiger partial charge in [-0.05, 0) is 52.5 Å². The third-order valence-corrected chi connectivity index (χ3v) is 7.51. The van der Waals surface area contributed by atoms with Gasteiger partial charge in [0.05, 0.1) is 6.42 Å². The predicted octanol–water partition coefficient (Wildman–Crippen LogP) is 5.15. The van der Waals surface area contributed by atoms with Crippen LogP contribution in [0.15, 0.2) is 18.2 Å². The molecule has 10 heteroatoms. The third-order valence-electron chi connectivity index (χ3n) is 7.51. The first-order chi connectivity index (χ1) is 19.8. The molecule has 1 aliphatic rings. The molecule has 5 N–H and O–H groups in total. The van der Waals surface area contributed by atoms with Crippen LogP contribution < -0.4 is 16.4 Å². The molecule has 2 rings (SSSR count). The summed E-state index contributed by atoms with van der Waals surface area (Å²) in [6.07, 6.45) is 9.17. The second kappa shape index (κ2) is 17.0. The summed E-state index contributed by atoms with van der Waals surface area (Å²) in [6, 6.07) is 2.54. The molecule has 42 heavy (non-hydrogen) atoms. The number of hydrogen-bond donors (Lipinski definition) is 4. The highest BCUT2D eigenvalue weighted by Crippen LogP contribution is 2.33. The van der Waals surface area contributed by atoms with E-state index in [4.69, 9.17) is 10.5 Å². The minimum atomic E-state index is -1.35. The van der Waals surface area contributed by atoms with Crippen LogP contribution in [0, 0.1) is 6.92 Å². The summed E-state index contributed by atoms with van der Waals surface area (Å²) in [7, 11) is 0. The summed E-state index contributed by atoms with van der Waals surface area (Å²) in [5, 5.41) is 16.7. The van der Waals surface area contributed by atoms with Crippen molar-refractivity contribution in [2.24, 2.45) is 5.73 Å². The minimum Gasteiger partial charge on any atom is -0.507 e. The summed E-state index contributed by atoms with van der Waals surface area (Å²) in [5.41, 5.74) is 5.52. The van der Waals surface area contributed by atoms with E-state index in [1.807, 2.05) is 0 Å². The molecule has 2 unspecified atom stereocenters. The molecular formula is C32H52N4O6. The molecule has 1 aliphatic carbocycles. The molecule has 10 nitrogen and oxygen atoms in total. The van der Waals surface area contributed by atoms with E-state index in [-0.39, 0.29) is 23.9 Å². The van der Waals surface area contributed by atoms with E-state index in [0.717, 1.165) is 64.2 Å². The zero-order valence-electron chi connectivity index (χ0n) is 26.2. The first-order valence-corrected chi connectivity index (χ1v) is 15.5. The summed E-state index contributed by atoms with van der Waals surface area (Å²) in [4.78, 5) is 54.4. The van der Waals surface area contributed by atoms with Gasteiger partial charge < -0.3 is 31.1 Å². The number of carbonyl (C=O) groups excluding carboxylic acids is 4. The lowest BCUT2D eigenvalue weighted by molar-refractivity contribution is -0.143. The predicted molar refractivity (Wildman–Crippen MR) is 163 cm³/mol. The van der Waals surface area contributed by atoms with E-state index in [2.05, 4.69) is 17.6 Å². The highest BCUT2D eigenvalue weighted by Gasteiger charge is 2.38. The van der Waals surface area contributed by atoms with Gasteiger partial charge in [-0.15, -0.1) is 0 Å². The second-order valence-corrected chi connectivity index (χ2v) is 12.4. The quantitative estimate of drug-likeness (QED) is 0.208. The summed E-state index contributed by atoms with van der Waals surface area (Å²) in [5.74, 6) is -1.91. The molecule has 0 heterocycles. The SMILES string of the molecule is CCCCCCCCN(C(=O)C(CC(N)=O)NC(=O)OC(C)(C)C)C(C(=O)NC1CCCCC1)c1cccc(C)c1O. The van der Waals surface area contributed by atoms with Crippen LogP contribution in [0.2, 0.25) is 0 Å². The van der Waals surface area contributed by atoms with E-state index in [0.29, 0.717) is 12.0 Å². The maximum Gasteiger partial charge on any atom is 0.408 e. The first-order valence-electron chi connectivity index (χ1n) is 15.5. The molecule has 1 fully saturated rings. The molecule has 2 atom stereocenters. The number of unbranched alkanes of at least 4 members (excludes halogenated alkanes) is 5. The number of alkyl carbamates (subject to hydrolysis) is 1. The van der Waals surface area contributed by atoms with Crippen molar-refractivity contribution in [3.8, 4) is 5.75 Å². The van der Waals surface area contributed by atoms with Crippen molar-refractivity contribution < 1.29 is 29.0 Å². The van der Waals surface area contributed by atoms with Crippen LogP contribution in [-0.4, -0.2) is 58.1 Å². The second-order valence-electron chi connectivity index (χ2n) is 12.4. The van der Waals surface area contributed by atoms with Crippen LogP contribution in [0.4, 0.5) is 4.79 Å². The maximum absolute atomic E-state index is 14.2. The van der Waals surface area contributed by atoms with Gasteiger partial charge in [-0.2, -0.15) is 0 Å². The highest BCUT2D eigenvalue weighted by molar-refractivity contribution is 5.95. The highest BCUT2D eigenvalue weighted by atomic mass is 16.6. The van der Waals surface area contributed by atoms with Gasteiger partial charge in [-0.1, -0.05) is 76.5 Å². The molecule has 0 radical (unpaired) electrons. The lowest BCUT2D eigenvalue weighted by atomic mass is 9.94. The number of nitrogens with two attached hydrogens (primary N) is 1. The van der Waals surface area contributed by atoms with Crippen LogP contribution in [-0.2, 0) is 19.1 Å². The lowest BCUT2D eigenvalue weighted by Crippen LogP contribution is -2.55. The molecule has 0 aromatic heterocycles. The fourth-order valence-electron chi connectivity index (χ4n) is 5.36. The first kappa shape index (κ1) is 34.9. The number of ether oxygens (including phenoxy) is 1. The van der Waals surface area contributed by atoms with E-state index in [1.165, 1.54) is 4.90 Å². The third kappa shape index (κ3) is 11.5. The van der Waals surface area contributed by atoms with E-state index >= 15 is 0 Å². The number of primary amides is 1. The van der Waals surface area contributed by atoms with Gasteiger partial charge in [0.2, 0.25) is 17.7 Å². The topological polar surface area (TPSA) is 151 Å². The molecule has 1 aromatic carbocycles. The number of carbonyl (C=O) groups is 4. The van der Waals surface area contributed by atoms with Crippen LogP contribution in [0.3, 0.4) is 0 Å². The number of aryl methyl sites for hydroxylation is 1. The Labute approximate surface area is 251 Å². The monoisotopic (exact) mass is 588 g/mol. The number of para-hydroxylation sites is 1. The summed E-state index contributed by atoms with van der Waals surface area (Å²) >= 11 is 0. The fourth-order valence-corrected chi connectivity index (χ4v) is 5.36. The van der Waals surface area contributed by atoms with Crippen molar-refractivity contribution in [1.29, 1.82) is 0 Å². The van der Waals surface area contributed by atoms with Crippen molar-refractivity contribution in [3.63, 3.8) is 0 Å². The fraction of sp³-hybridized carbons (Fsp3) is 0.688. The van der Waals surface area contributed by atoms with Gasteiger partial charge in [0.25, 0.3) is 0 Å². The number of aromatic hydroxyl groups is 1. The molecule has 236 valence electrons. The Morgan fingerprint density at radius 2 is 1.69 bits per heavy atom. The number of nitrogens with one attached hydrogen (secondary N) is 2. The number of hydrogen-bond acceptors (Lipinski definition) is 6. The Balaban J connectivity index is 2.50. The molecule has 0 spiro atoms. The summed E-state index contributed by atoms with van der Waals surface area (Å²) < 4.78 is 5.35. The van der Waals surface area contributed by atoms with Gasteiger partial charge in [-0.3, -0.25) is 14.4 Å². The molecule has 0 saturated heterocycles. The van der Waals surface area contributed by atoms with Crippen LogP contribution >= 0.6 is 0 Å². The summed E-state index contributed by atoms with van der Waals surface area (Å²) in [6.45, 7) is 9.12. The van der Waals surface area contributed by atoms with Crippen molar-refractivity contribution in [2.45, 2.75) is 135 Å². The van der Waals surface area contributed by atoms with Gasteiger partial charge in [0.15, 0.2) is 0 Å². The number of amides is 4. The van der Waals surface area contributed by atoms with Crippen LogP contribution in [0.25, 0.3) is 0 Å². The smallest absolute Gasteiger partial charge is 0.408 e. The number of nitrogens with zero attached hydrogens (tertiary/aromatic N) is 1. The Bertz CT molecular complexity index is 1050. The van der Waals surface area contributed by atoms with Gasteiger partial charge >= 0.3 is 6.09 Å². The Morgan fingerprint density at radius 3 is 2.31 bits per heavy atom. The van der Waals surface area contributed by atoms with Crippen molar-refractivity contribution in [1.82, 2.24) is 15.5 Å². The van der Waals surface area contributed by atoms with Crippen molar-refractivity contribution >= 4 is 23.8 Å². The van der Waals surface area contributed by atoms with Crippen molar-refractivity contribution in [3.05, 3.63) is 29.3 Å². The lowest BCUT2D eigenvalue weighted by Gasteiger charge is -2.36. The molecule has 0 bridgehead atoms. The normalized spacial score (nSPS) is 15.4. The Morgan fingerprint density at radius 1 is 1.05 bits per heavy atom. The number of benzene rings is 1. The minimum absolute atomic E-state index is 0.0343.